The smallest absolute Gasteiger partial charge is 0.313 e. The Hall–Kier alpha value is -0.170. The van der Waals surface area contributed by atoms with Gasteiger partial charge in [-0.1, -0.05) is 0 Å². The van der Waals surface area contributed by atoms with E-state index in [1.54, 1.807) is 14.5 Å². The number of hydrogen-bond acceptors (Lipinski definition) is 1. The second-order valence-electron chi connectivity index (χ2n) is 0.418. The zero-order valence-electron chi connectivity index (χ0n) is 2.36. The summed E-state index contributed by atoms with van der Waals surface area (Å²) in [4.78, 5) is 9.01. The first kappa shape index (κ1) is 4.83. The Bertz CT molecular complexity index is 46.9. The Morgan fingerprint density at radius 2 is 2.20 bits per heavy atom. The highest BCUT2D eigenvalue weighted by atomic mass is 31.0. The van der Waals surface area contributed by atoms with Gasteiger partial charge in [0.2, 0.25) is 0 Å². The van der Waals surface area contributed by atoms with Crippen LogP contribution in [-0.2, 0) is 0 Å². The van der Waals surface area contributed by atoms with Crippen LogP contribution in [0.3, 0.4) is 0 Å². The largest absolute Gasteiger partial charge is 0.400 e. The molecular weight excluding hydrogens is 92.0 g/mol. The number of rotatable bonds is 0. The van der Waals surface area contributed by atoms with Gasteiger partial charge in [-0.05, 0) is 9.39 Å². The lowest BCUT2D eigenvalue weighted by molar-refractivity contribution is 0.228. The molecule has 1 atom stereocenters. The molecule has 2 nitrogen and oxygen atoms in total. The molecule has 0 fully saturated rings. The fraction of sp³-hybridized carbons (Fsp3) is 0. The number of halogens is 1. The molecule has 0 aliphatic carbocycles. The Balaban J connectivity index is 2.85. The molecule has 0 bridgehead atoms. The average molecular weight is 95.0 g/mol. The quantitative estimate of drug-likeness (QED) is 0.264. The number of nitrogens with one attached hydrogen (secondary N) is 1. The average Bonchev–Trinajstić information content (AvgIpc) is 1.38. The topological polar surface area (TPSA) is 29.1 Å². The van der Waals surface area contributed by atoms with Crippen molar-refractivity contribution in [2.75, 3.05) is 0 Å². The predicted octanol–water partition coefficient (Wildman–Crippen LogP) is 0.456. The third-order valence-corrected chi connectivity index (χ3v) is 0.340. The molecule has 0 spiro atoms. The van der Waals surface area contributed by atoms with Gasteiger partial charge in [0.1, 0.15) is 0 Å². The molecule has 30 valence electrons. The molecule has 0 saturated heterocycles. The molecule has 0 aliphatic rings. The predicted molar refractivity (Wildman–Crippen MR) is 19.3 cm³/mol. The van der Waals surface area contributed by atoms with Gasteiger partial charge in [0, 0.05) is 0 Å². The zero-order valence-corrected chi connectivity index (χ0v) is 3.52. The first-order chi connectivity index (χ1) is 2.27. The SMILES string of the molecule is O=C(F)NP. The van der Waals surface area contributed by atoms with Crippen molar-refractivity contribution in [1.82, 2.24) is 5.09 Å². The second kappa shape index (κ2) is 2.09. The van der Waals surface area contributed by atoms with Crippen LogP contribution in [0.1, 0.15) is 0 Å². The highest BCUT2D eigenvalue weighted by molar-refractivity contribution is 7.15. The van der Waals surface area contributed by atoms with Crippen molar-refractivity contribution >= 4 is 15.6 Å². The third kappa shape index (κ3) is 3.83. The standard InChI is InChI=1S/CH3FNOP/c2-1(4)3-5/h5H2,(H,3,4). The van der Waals surface area contributed by atoms with E-state index in [-0.39, 0.29) is 0 Å². The van der Waals surface area contributed by atoms with E-state index in [1.807, 2.05) is 0 Å². The Morgan fingerprint density at radius 1 is 2.00 bits per heavy atom. The molecule has 0 saturated carbocycles. The van der Waals surface area contributed by atoms with Gasteiger partial charge in [-0.2, -0.15) is 0 Å². The summed E-state index contributed by atoms with van der Waals surface area (Å²) in [6, 6.07) is 0. The second-order valence-corrected chi connectivity index (χ2v) is 0.707. The molecule has 0 aromatic heterocycles. The van der Waals surface area contributed by atoms with E-state index in [0.717, 1.165) is 0 Å². The first-order valence-electron chi connectivity index (χ1n) is 0.932. The monoisotopic (exact) mass is 95.0 g/mol. The van der Waals surface area contributed by atoms with Crippen molar-refractivity contribution in [2.24, 2.45) is 0 Å². The lowest BCUT2D eigenvalue weighted by Gasteiger charge is -1.74. The maximum Gasteiger partial charge on any atom is 0.400 e. The van der Waals surface area contributed by atoms with Gasteiger partial charge in [-0.25, -0.2) is 4.79 Å². The van der Waals surface area contributed by atoms with Gasteiger partial charge < -0.3 is 5.09 Å². The first-order valence-corrected chi connectivity index (χ1v) is 1.51. The lowest BCUT2D eigenvalue weighted by Crippen LogP contribution is -1.98. The van der Waals surface area contributed by atoms with Crippen molar-refractivity contribution in [3.05, 3.63) is 0 Å². The van der Waals surface area contributed by atoms with Crippen molar-refractivity contribution < 1.29 is 9.18 Å². The van der Waals surface area contributed by atoms with E-state index >= 15 is 0 Å². The number of amides is 1. The molecular formula is CH3FNOP. The van der Waals surface area contributed by atoms with Crippen LogP contribution in [-0.4, -0.2) is 6.16 Å². The minimum Gasteiger partial charge on any atom is -0.313 e. The van der Waals surface area contributed by atoms with E-state index in [1.165, 1.54) is 0 Å². The summed E-state index contributed by atoms with van der Waals surface area (Å²) in [5.41, 5.74) is 0. The molecule has 1 N–H and O–H groups in total. The third-order valence-electron chi connectivity index (χ3n) is 0.113. The number of carbonyl (C=O) groups excluding carboxylic acids is 1. The van der Waals surface area contributed by atoms with E-state index in [9.17, 15) is 4.39 Å². The summed E-state index contributed by atoms with van der Waals surface area (Å²) in [5.74, 6) is 0. The minimum atomic E-state index is -1.53. The van der Waals surface area contributed by atoms with Crippen LogP contribution >= 0.6 is 9.39 Å². The summed E-state index contributed by atoms with van der Waals surface area (Å²) < 4.78 is 10.7. The highest BCUT2D eigenvalue weighted by Crippen LogP contribution is 1.71. The van der Waals surface area contributed by atoms with E-state index in [4.69, 9.17) is 4.79 Å². The summed E-state index contributed by atoms with van der Waals surface area (Å²) in [6.45, 7) is 0. The molecule has 0 rings (SSSR count). The Kier molecular flexibility index (Phi) is 2.02. The summed E-state index contributed by atoms with van der Waals surface area (Å²) in [5, 5.41) is 1.64. The van der Waals surface area contributed by atoms with Crippen LogP contribution in [0.15, 0.2) is 0 Å². The van der Waals surface area contributed by atoms with Crippen molar-refractivity contribution in [1.29, 1.82) is 0 Å². The molecule has 5 heavy (non-hydrogen) atoms. The van der Waals surface area contributed by atoms with E-state index in [2.05, 4.69) is 0 Å². The van der Waals surface area contributed by atoms with Crippen LogP contribution in [0.5, 0.6) is 0 Å². The number of carbonyl (C=O) groups is 1. The normalized spacial score (nSPS) is 6.80. The fourth-order valence-electron chi connectivity index (χ4n) is 0. The molecule has 0 aromatic carbocycles. The van der Waals surface area contributed by atoms with Gasteiger partial charge >= 0.3 is 6.16 Å². The minimum absolute atomic E-state index is 1.53. The molecule has 0 radical (unpaired) electrons. The summed E-state index contributed by atoms with van der Waals surface area (Å²) in [7, 11) is 1.72. The maximum absolute atomic E-state index is 10.7. The van der Waals surface area contributed by atoms with E-state index in [0.29, 0.717) is 0 Å². The molecule has 1 unspecified atom stereocenters. The number of hydrogen-bond donors (Lipinski definition) is 1. The van der Waals surface area contributed by atoms with Gasteiger partial charge in [-0.15, -0.1) is 4.39 Å². The Labute approximate surface area is 31.0 Å². The lowest BCUT2D eigenvalue weighted by atomic mass is 11.4. The van der Waals surface area contributed by atoms with Crippen molar-refractivity contribution in [3.8, 4) is 0 Å². The van der Waals surface area contributed by atoms with Crippen molar-refractivity contribution in [2.45, 2.75) is 0 Å². The van der Waals surface area contributed by atoms with Gasteiger partial charge in [-0.3, -0.25) is 0 Å². The van der Waals surface area contributed by atoms with Gasteiger partial charge in [0.25, 0.3) is 0 Å². The van der Waals surface area contributed by atoms with Crippen LogP contribution in [0, 0.1) is 0 Å². The maximum atomic E-state index is 10.7. The van der Waals surface area contributed by atoms with E-state index < -0.39 is 6.16 Å². The summed E-state index contributed by atoms with van der Waals surface area (Å²) >= 11 is 0. The zero-order chi connectivity index (χ0) is 4.28. The Morgan fingerprint density at radius 3 is 2.20 bits per heavy atom. The summed E-state index contributed by atoms with van der Waals surface area (Å²) in [6.07, 6.45) is -1.53. The molecule has 1 amide bonds. The van der Waals surface area contributed by atoms with Crippen LogP contribution in [0.25, 0.3) is 0 Å². The molecule has 4 heteroatoms. The van der Waals surface area contributed by atoms with Gasteiger partial charge in [0.15, 0.2) is 0 Å². The van der Waals surface area contributed by atoms with Crippen molar-refractivity contribution in [3.63, 3.8) is 0 Å². The highest BCUT2D eigenvalue weighted by Gasteiger charge is 1.80. The van der Waals surface area contributed by atoms with Crippen LogP contribution in [0.2, 0.25) is 0 Å². The molecule has 0 aromatic rings. The molecule has 0 heterocycles. The van der Waals surface area contributed by atoms with Crippen LogP contribution < -0.4 is 5.09 Å². The van der Waals surface area contributed by atoms with Crippen LogP contribution in [0.4, 0.5) is 9.18 Å². The fourth-order valence-corrected chi connectivity index (χ4v) is 0. The molecule has 0 aliphatic heterocycles. The van der Waals surface area contributed by atoms with Gasteiger partial charge in [0.05, 0.1) is 0 Å².